The van der Waals surface area contributed by atoms with E-state index in [4.69, 9.17) is 9.47 Å². The molecule has 2 N–H and O–H groups in total. The molecule has 6 heteroatoms. The van der Waals surface area contributed by atoms with Crippen LogP contribution in [0.25, 0.3) is 0 Å². The van der Waals surface area contributed by atoms with Gasteiger partial charge < -0.3 is 19.4 Å². The lowest BCUT2D eigenvalue weighted by molar-refractivity contribution is 0.0457. The highest BCUT2D eigenvalue weighted by atomic mass is 16.5. The number of esters is 2. The molecule has 0 saturated carbocycles. The molecule has 38 heavy (non-hydrogen) atoms. The third-order valence-electron chi connectivity index (χ3n) is 6.61. The molecule has 0 spiro atoms. The molecule has 0 unspecified atom stereocenters. The molecular weight excluding hydrogens is 476 g/mol. The van der Waals surface area contributed by atoms with Crippen molar-refractivity contribution in [3.8, 4) is 11.8 Å². The predicted molar refractivity (Wildman–Crippen MR) is 147 cm³/mol. The molecule has 0 aliphatic carbocycles. The molecule has 0 radical (unpaired) electrons. The van der Waals surface area contributed by atoms with E-state index >= 15 is 0 Å². The fourth-order valence-electron chi connectivity index (χ4n) is 4.49. The fourth-order valence-corrected chi connectivity index (χ4v) is 4.49. The summed E-state index contributed by atoms with van der Waals surface area (Å²) in [6.45, 7) is 8.25. The summed E-state index contributed by atoms with van der Waals surface area (Å²) in [4.78, 5) is 32.0. The minimum atomic E-state index is -0.414. The van der Waals surface area contributed by atoms with Crippen molar-refractivity contribution >= 4 is 11.9 Å². The normalized spacial score (nSPS) is 10.5. The SMILES string of the molecule is CCc1c(C#Cc2[nH]c(C(=O)OCc3ccccc3)c(C)c2CC)[nH]c(C(=O)OCc2ccccc2)c1C. The minimum Gasteiger partial charge on any atom is -0.456 e. The van der Waals surface area contributed by atoms with Crippen molar-refractivity contribution in [3.05, 3.63) is 117 Å². The summed E-state index contributed by atoms with van der Waals surface area (Å²) in [6, 6.07) is 19.1. The molecule has 0 atom stereocenters. The first kappa shape index (κ1) is 26.6. The van der Waals surface area contributed by atoms with Gasteiger partial charge in [0.1, 0.15) is 24.6 Å². The van der Waals surface area contributed by atoms with Crippen LogP contribution in [0.15, 0.2) is 60.7 Å². The van der Waals surface area contributed by atoms with Crippen LogP contribution in [0.3, 0.4) is 0 Å². The van der Waals surface area contributed by atoms with Gasteiger partial charge in [-0.25, -0.2) is 9.59 Å². The molecule has 0 fully saturated rings. The molecule has 2 aromatic heterocycles. The highest BCUT2D eigenvalue weighted by Crippen LogP contribution is 2.22. The zero-order valence-corrected chi connectivity index (χ0v) is 22.2. The van der Waals surface area contributed by atoms with Crippen LogP contribution < -0.4 is 0 Å². The van der Waals surface area contributed by atoms with Crippen molar-refractivity contribution in [3.63, 3.8) is 0 Å². The number of aromatic nitrogens is 2. The Morgan fingerprint density at radius 2 is 1.03 bits per heavy atom. The molecule has 4 rings (SSSR count). The van der Waals surface area contributed by atoms with E-state index in [-0.39, 0.29) is 13.2 Å². The third kappa shape index (κ3) is 5.90. The van der Waals surface area contributed by atoms with Crippen molar-refractivity contribution < 1.29 is 19.1 Å². The van der Waals surface area contributed by atoms with Crippen LogP contribution in [0.5, 0.6) is 0 Å². The maximum absolute atomic E-state index is 12.8. The number of ether oxygens (including phenoxy) is 2. The van der Waals surface area contributed by atoms with Crippen molar-refractivity contribution in [1.82, 2.24) is 9.97 Å². The summed E-state index contributed by atoms with van der Waals surface area (Å²) >= 11 is 0. The molecule has 0 bridgehead atoms. The predicted octanol–water partition coefficient (Wildman–Crippen LogP) is 6.20. The van der Waals surface area contributed by atoms with Gasteiger partial charge in [-0.3, -0.25) is 0 Å². The summed E-state index contributed by atoms with van der Waals surface area (Å²) < 4.78 is 11.1. The number of nitrogens with one attached hydrogen (secondary N) is 2. The maximum Gasteiger partial charge on any atom is 0.355 e. The molecule has 2 aromatic carbocycles. The van der Waals surface area contributed by atoms with E-state index in [1.165, 1.54) is 0 Å². The number of hydrogen-bond acceptors (Lipinski definition) is 4. The van der Waals surface area contributed by atoms with Crippen LogP contribution in [0.1, 0.15) is 79.6 Å². The number of rotatable bonds is 8. The first-order chi connectivity index (χ1) is 18.4. The first-order valence-corrected chi connectivity index (χ1v) is 12.8. The number of benzene rings is 2. The van der Waals surface area contributed by atoms with E-state index in [1.54, 1.807) is 0 Å². The topological polar surface area (TPSA) is 84.2 Å². The first-order valence-electron chi connectivity index (χ1n) is 12.8. The molecule has 194 valence electrons. The second-order valence-electron chi connectivity index (χ2n) is 9.04. The van der Waals surface area contributed by atoms with Gasteiger partial charge in [-0.05, 0) is 71.9 Å². The van der Waals surface area contributed by atoms with E-state index in [1.807, 2.05) is 88.4 Å². The Bertz CT molecular complexity index is 1370. The minimum absolute atomic E-state index is 0.200. The Kier molecular flexibility index (Phi) is 8.50. The Morgan fingerprint density at radius 1 is 0.658 bits per heavy atom. The van der Waals surface area contributed by atoms with Crippen LogP contribution in [0.2, 0.25) is 0 Å². The molecule has 0 amide bonds. The van der Waals surface area contributed by atoms with Crippen molar-refractivity contribution in [1.29, 1.82) is 0 Å². The van der Waals surface area contributed by atoms with Crippen LogP contribution in [-0.2, 0) is 35.5 Å². The van der Waals surface area contributed by atoms with Gasteiger partial charge >= 0.3 is 11.9 Å². The molecule has 4 aromatic rings. The molecule has 6 nitrogen and oxygen atoms in total. The molecule has 0 saturated heterocycles. The summed E-state index contributed by atoms with van der Waals surface area (Å²) in [5.41, 5.74) is 7.59. The second-order valence-corrected chi connectivity index (χ2v) is 9.04. The molecular formula is C32H32N2O4. The number of carbonyl (C=O) groups is 2. The Hall–Kier alpha value is -4.50. The summed E-state index contributed by atoms with van der Waals surface area (Å²) in [6.07, 6.45) is 1.42. The largest absolute Gasteiger partial charge is 0.456 e. The summed E-state index contributed by atoms with van der Waals surface area (Å²) in [5, 5.41) is 0. The number of carbonyl (C=O) groups excluding carboxylic acids is 2. The average Bonchev–Trinajstić information content (AvgIpc) is 3.45. The highest BCUT2D eigenvalue weighted by molar-refractivity contribution is 5.91. The van der Waals surface area contributed by atoms with Gasteiger partial charge in [0.15, 0.2) is 0 Å². The smallest absolute Gasteiger partial charge is 0.355 e. The highest BCUT2D eigenvalue weighted by Gasteiger charge is 2.21. The lowest BCUT2D eigenvalue weighted by Gasteiger charge is -2.04. The lowest BCUT2D eigenvalue weighted by Crippen LogP contribution is -2.07. The van der Waals surface area contributed by atoms with Crippen molar-refractivity contribution in [2.24, 2.45) is 0 Å². The van der Waals surface area contributed by atoms with Crippen molar-refractivity contribution in [2.45, 2.75) is 53.8 Å². The summed E-state index contributed by atoms with van der Waals surface area (Å²) in [7, 11) is 0. The van der Waals surface area contributed by atoms with Gasteiger partial charge in [-0.2, -0.15) is 0 Å². The van der Waals surface area contributed by atoms with E-state index in [0.29, 0.717) is 35.6 Å². The molecule has 0 aliphatic rings. The summed E-state index contributed by atoms with van der Waals surface area (Å²) in [5.74, 6) is 5.54. The quantitative estimate of drug-likeness (QED) is 0.219. The van der Waals surface area contributed by atoms with Crippen molar-refractivity contribution in [2.75, 3.05) is 0 Å². The number of hydrogen-bond donors (Lipinski definition) is 2. The fraction of sp³-hybridized carbons (Fsp3) is 0.250. The monoisotopic (exact) mass is 508 g/mol. The van der Waals surface area contributed by atoms with Gasteiger partial charge in [-0.15, -0.1) is 0 Å². The van der Waals surface area contributed by atoms with Gasteiger partial charge in [0, 0.05) is 0 Å². The van der Waals surface area contributed by atoms with Gasteiger partial charge in [0.25, 0.3) is 0 Å². The maximum atomic E-state index is 12.8. The number of H-pyrrole nitrogens is 2. The van der Waals surface area contributed by atoms with E-state index in [0.717, 1.165) is 33.4 Å². The van der Waals surface area contributed by atoms with Crippen LogP contribution in [0.4, 0.5) is 0 Å². The Balaban J connectivity index is 1.55. The average molecular weight is 509 g/mol. The van der Waals surface area contributed by atoms with Crippen LogP contribution in [-0.4, -0.2) is 21.9 Å². The van der Waals surface area contributed by atoms with Gasteiger partial charge in [0.05, 0.1) is 11.4 Å². The van der Waals surface area contributed by atoms with Crippen LogP contribution >= 0.6 is 0 Å². The lowest BCUT2D eigenvalue weighted by atomic mass is 10.1. The zero-order chi connectivity index (χ0) is 27.1. The van der Waals surface area contributed by atoms with E-state index in [2.05, 4.69) is 21.8 Å². The van der Waals surface area contributed by atoms with E-state index < -0.39 is 11.9 Å². The van der Waals surface area contributed by atoms with Crippen LogP contribution in [0, 0.1) is 25.7 Å². The molecule has 0 aliphatic heterocycles. The molecule has 2 heterocycles. The zero-order valence-electron chi connectivity index (χ0n) is 22.2. The van der Waals surface area contributed by atoms with Gasteiger partial charge in [-0.1, -0.05) is 74.5 Å². The van der Waals surface area contributed by atoms with Gasteiger partial charge in [0.2, 0.25) is 0 Å². The number of aromatic amines is 2. The standard InChI is InChI=1S/C32H32N2O4/c1-5-25-21(3)29(31(35)37-19-23-13-9-7-10-14-23)33-27(25)17-18-28-26(6-2)22(4)30(34-28)32(36)38-20-24-15-11-8-12-16-24/h7-16,33-34H,5-6,19-20H2,1-4H3. The second kappa shape index (κ2) is 12.2. The Morgan fingerprint density at radius 3 is 1.37 bits per heavy atom. The third-order valence-corrected chi connectivity index (χ3v) is 6.61. The van der Waals surface area contributed by atoms with E-state index in [9.17, 15) is 9.59 Å². The Labute approximate surface area is 223 Å².